The normalized spacial score (nSPS) is 22.4. The first-order valence-corrected chi connectivity index (χ1v) is 12.5. The van der Waals surface area contributed by atoms with Gasteiger partial charge in [0.2, 0.25) is 10.0 Å². The number of nitrogens with one attached hydrogen (secondary N) is 1. The predicted octanol–water partition coefficient (Wildman–Crippen LogP) is 2.93. The van der Waals surface area contributed by atoms with Crippen LogP contribution in [0.15, 0.2) is 24.4 Å². The van der Waals surface area contributed by atoms with Crippen LogP contribution in [0.1, 0.15) is 73.6 Å². The molecule has 0 spiro atoms. The van der Waals surface area contributed by atoms with E-state index in [1.165, 1.54) is 23.4 Å². The van der Waals surface area contributed by atoms with Gasteiger partial charge in [0, 0.05) is 31.2 Å². The van der Waals surface area contributed by atoms with E-state index in [2.05, 4.69) is 5.32 Å². The average molecular weight is 419 g/mol. The molecule has 1 saturated carbocycles. The molecular weight excluding hydrogens is 388 g/mol. The standard InChI is InChI=1S/C21H30N4O3S/c1-29(27,28)24-13-8-9-16(15-24)20-23-19(18-12-6-7-14-25(18)20)21(26)22-17-10-4-2-3-5-11-17/h6-7,12,14,16-17H,2-5,8-11,13,15H2,1H3,(H,22,26)/t16-/m1/s1. The van der Waals surface area contributed by atoms with Crippen molar-refractivity contribution in [1.29, 1.82) is 0 Å². The van der Waals surface area contributed by atoms with Gasteiger partial charge in [-0.05, 0) is 37.8 Å². The summed E-state index contributed by atoms with van der Waals surface area (Å²) in [6.07, 6.45) is 11.7. The molecule has 1 aliphatic heterocycles. The first-order valence-electron chi connectivity index (χ1n) is 10.7. The molecule has 0 unspecified atom stereocenters. The maximum Gasteiger partial charge on any atom is 0.272 e. The van der Waals surface area contributed by atoms with Gasteiger partial charge < -0.3 is 9.72 Å². The number of aromatic nitrogens is 2. The van der Waals surface area contributed by atoms with Crippen LogP contribution in [0.3, 0.4) is 0 Å². The zero-order valence-electron chi connectivity index (χ0n) is 17.0. The lowest BCUT2D eigenvalue weighted by Crippen LogP contribution is -2.38. The SMILES string of the molecule is CS(=O)(=O)N1CCC[C@@H](c2nc(C(=O)NC3CCCCCC3)c3ccccn23)C1. The number of piperidine rings is 1. The molecule has 2 aliphatic rings. The third kappa shape index (κ3) is 4.48. The first kappa shape index (κ1) is 20.3. The zero-order chi connectivity index (χ0) is 20.4. The topological polar surface area (TPSA) is 83.8 Å². The van der Waals surface area contributed by atoms with Crippen LogP contribution >= 0.6 is 0 Å². The molecule has 1 atom stereocenters. The third-order valence-electron chi connectivity index (χ3n) is 6.20. The monoisotopic (exact) mass is 418 g/mol. The van der Waals surface area contributed by atoms with E-state index in [0.717, 1.165) is 49.9 Å². The second-order valence-corrected chi connectivity index (χ2v) is 10.4. The number of fused-ring (bicyclic) bond motifs is 1. The molecule has 8 heteroatoms. The molecule has 2 aromatic rings. The minimum atomic E-state index is -3.24. The van der Waals surface area contributed by atoms with Gasteiger partial charge in [0.1, 0.15) is 5.82 Å². The number of carbonyl (C=O) groups is 1. The summed E-state index contributed by atoms with van der Waals surface area (Å²) in [5, 5.41) is 3.20. The zero-order valence-corrected chi connectivity index (χ0v) is 17.8. The van der Waals surface area contributed by atoms with Crippen LogP contribution in [-0.4, -0.2) is 53.4 Å². The summed E-state index contributed by atoms with van der Waals surface area (Å²) in [5.41, 5.74) is 1.23. The van der Waals surface area contributed by atoms with Crippen LogP contribution in [0.5, 0.6) is 0 Å². The lowest BCUT2D eigenvalue weighted by molar-refractivity contribution is 0.0930. The van der Waals surface area contributed by atoms with Gasteiger partial charge in [0.15, 0.2) is 5.69 Å². The van der Waals surface area contributed by atoms with Crippen molar-refractivity contribution in [2.24, 2.45) is 0 Å². The highest BCUT2D eigenvalue weighted by Gasteiger charge is 2.31. The predicted molar refractivity (Wildman–Crippen MR) is 113 cm³/mol. The Labute approximate surface area is 172 Å². The Kier molecular flexibility index (Phi) is 5.92. The quantitative estimate of drug-likeness (QED) is 0.774. The van der Waals surface area contributed by atoms with E-state index in [1.807, 2.05) is 28.8 Å². The van der Waals surface area contributed by atoms with Crippen molar-refractivity contribution in [2.45, 2.75) is 63.3 Å². The van der Waals surface area contributed by atoms with E-state index >= 15 is 0 Å². The van der Waals surface area contributed by atoms with E-state index in [-0.39, 0.29) is 17.9 Å². The Morgan fingerprint density at radius 2 is 1.86 bits per heavy atom. The summed E-state index contributed by atoms with van der Waals surface area (Å²) in [6.45, 7) is 0.962. The van der Waals surface area contributed by atoms with Gasteiger partial charge in [-0.1, -0.05) is 31.7 Å². The molecule has 158 valence electrons. The van der Waals surface area contributed by atoms with Crippen molar-refractivity contribution in [3.8, 4) is 0 Å². The lowest BCUT2D eigenvalue weighted by atomic mass is 9.99. The number of rotatable bonds is 4. The van der Waals surface area contributed by atoms with E-state index in [4.69, 9.17) is 4.98 Å². The summed E-state index contributed by atoms with van der Waals surface area (Å²) in [6, 6.07) is 5.95. The van der Waals surface area contributed by atoms with Crippen LogP contribution in [0, 0.1) is 0 Å². The molecule has 0 bridgehead atoms. The van der Waals surface area contributed by atoms with Gasteiger partial charge in [-0.3, -0.25) is 4.79 Å². The third-order valence-corrected chi connectivity index (χ3v) is 7.47. The highest BCUT2D eigenvalue weighted by molar-refractivity contribution is 7.88. The second-order valence-electron chi connectivity index (χ2n) is 8.40. The molecule has 1 aliphatic carbocycles. The number of amides is 1. The number of pyridine rings is 1. The Bertz CT molecular complexity index is 977. The van der Waals surface area contributed by atoms with Crippen molar-refractivity contribution in [3.05, 3.63) is 35.9 Å². The highest BCUT2D eigenvalue weighted by Crippen LogP contribution is 2.29. The Morgan fingerprint density at radius 3 is 2.59 bits per heavy atom. The molecule has 1 saturated heterocycles. The maximum atomic E-state index is 13.1. The fourth-order valence-corrected chi connectivity index (χ4v) is 5.56. The second kappa shape index (κ2) is 8.44. The largest absolute Gasteiger partial charge is 0.348 e. The molecule has 1 N–H and O–H groups in total. The van der Waals surface area contributed by atoms with Crippen LogP contribution < -0.4 is 5.32 Å². The van der Waals surface area contributed by atoms with Crippen LogP contribution in [-0.2, 0) is 10.0 Å². The van der Waals surface area contributed by atoms with Gasteiger partial charge in [-0.2, -0.15) is 0 Å². The number of hydrogen-bond donors (Lipinski definition) is 1. The molecule has 3 heterocycles. The summed E-state index contributed by atoms with van der Waals surface area (Å²) >= 11 is 0. The minimum Gasteiger partial charge on any atom is -0.348 e. The van der Waals surface area contributed by atoms with Crippen molar-refractivity contribution in [2.75, 3.05) is 19.3 Å². The summed E-state index contributed by atoms with van der Waals surface area (Å²) in [4.78, 5) is 17.8. The smallest absolute Gasteiger partial charge is 0.272 e. The molecule has 0 radical (unpaired) electrons. The number of sulfonamides is 1. The fourth-order valence-electron chi connectivity index (χ4n) is 4.65. The Hall–Kier alpha value is -1.93. The average Bonchev–Trinajstić information content (AvgIpc) is 2.91. The van der Waals surface area contributed by atoms with E-state index in [9.17, 15) is 13.2 Å². The molecule has 29 heavy (non-hydrogen) atoms. The number of nitrogens with zero attached hydrogens (tertiary/aromatic N) is 3. The molecule has 2 aromatic heterocycles. The summed E-state index contributed by atoms with van der Waals surface area (Å²) in [5.74, 6) is 0.635. The molecule has 1 amide bonds. The van der Waals surface area contributed by atoms with Crippen LogP contribution in [0.2, 0.25) is 0 Å². The molecule has 0 aromatic carbocycles. The Balaban J connectivity index is 1.62. The van der Waals surface area contributed by atoms with E-state index in [0.29, 0.717) is 18.8 Å². The van der Waals surface area contributed by atoms with E-state index in [1.54, 1.807) is 0 Å². The van der Waals surface area contributed by atoms with Crippen molar-refractivity contribution >= 4 is 21.4 Å². The Morgan fingerprint density at radius 1 is 1.10 bits per heavy atom. The van der Waals surface area contributed by atoms with Gasteiger partial charge in [-0.15, -0.1) is 0 Å². The minimum absolute atomic E-state index is 0.0206. The molecule has 4 rings (SSSR count). The highest BCUT2D eigenvalue weighted by atomic mass is 32.2. The summed E-state index contributed by atoms with van der Waals surface area (Å²) in [7, 11) is -3.24. The number of hydrogen-bond acceptors (Lipinski definition) is 4. The molecular formula is C21H30N4O3S. The van der Waals surface area contributed by atoms with Crippen LogP contribution in [0.25, 0.3) is 5.52 Å². The molecule has 7 nitrogen and oxygen atoms in total. The maximum absolute atomic E-state index is 13.1. The van der Waals surface area contributed by atoms with Crippen LogP contribution in [0.4, 0.5) is 0 Å². The van der Waals surface area contributed by atoms with Crippen molar-refractivity contribution < 1.29 is 13.2 Å². The van der Waals surface area contributed by atoms with Gasteiger partial charge in [-0.25, -0.2) is 17.7 Å². The summed E-state index contributed by atoms with van der Waals surface area (Å²) < 4.78 is 27.5. The van der Waals surface area contributed by atoms with E-state index < -0.39 is 10.0 Å². The molecule has 2 fully saturated rings. The van der Waals surface area contributed by atoms with Crippen molar-refractivity contribution in [1.82, 2.24) is 19.0 Å². The van der Waals surface area contributed by atoms with Gasteiger partial charge in [0.05, 0.1) is 11.8 Å². The van der Waals surface area contributed by atoms with Crippen molar-refractivity contribution in [3.63, 3.8) is 0 Å². The lowest BCUT2D eigenvalue weighted by Gasteiger charge is -2.30. The fraction of sp³-hybridized carbons (Fsp3) is 0.619. The van der Waals surface area contributed by atoms with Gasteiger partial charge in [0.25, 0.3) is 5.91 Å². The van der Waals surface area contributed by atoms with Gasteiger partial charge >= 0.3 is 0 Å². The number of imidazole rings is 1. The first-order chi connectivity index (χ1) is 13.9. The number of carbonyl (C=O) groups excluding carboxylic acids is 1.